The van der Waals surface area contributed by atoms with E-state index < -0.39 is 0 Å². The summed E-state index contributed by atoms with van der Waals surface area (Å²) < 4.78 is 0. The van der Waals surface area contributed by atoms with E-state index in [0.717, 1.165) is 38.8 Å². The SMILES string of the molecule is c1ccc2nc(-c3ccc(-c4c5ccccc5c(-c5ccc6ccccc6n5)c5ccccc45)c4ccccc34)ccc2c1. The van der Waals surface area contributed by atoms with Gasteiger partial charge < -0.3 is 0 Å². The number of para-hydroxylation sites is 2. The lowest BCUT2D eigenvalue weighted by Crippen LogP contribution is -1.94. The van der Waals surface area contributed by atoms with Crippen molar-refractivity contribution in [3.8, 4) is 33.6 Å². The standard InChI is InChI=1S/C42H26N2/c1-9-19-37-27(11-1)21-25-39(43-37)31-23-24-36(30-14-4-3-13-29(30)31)41-32-15-5-7-17-34(32)42(35-18-8-6-16-33(35)41)40-26-22-28-12-2-10-20-38(28)44-40/h1-26H. The van der Waals surface area contributed by atoms with E-state index in [2.05, 4.69) is 152 Å². The van der Waals surface area contributed by atoms with Gasteiger partial charge in [0.2, 0.25) is 0 Å². The Morgan fingerprint density at radius 2 is 0.682 bits per heavy atom. The average Bonchev–Trinajstić information content (AvgIpc) is 3.10. The van der Waals surface area contributed by atoms with Crippen molar-refractivity contribution in [1.82, 2.24) is 9.97 Å². The lowest BCUT2D eigenvalue weighted by atomic mass is 9.85. The number of benzene rings is 7. The number of hydrogen-bond donors (Lipinski definition) is 0. The van der Waals surface area contributed by atoms with Gasteiger partial charge in [-0.2, -0.15) is 0 Å². The average molecular weight is 559 g/mol. The quantitative estimate of drug-likeness (QED) is 0.202. The summed E-state index contributed by atoms with van der Waals surface area (Å²) in [6, 6.07) is 56.1. The molecule has 0 N–H and O–H groups in total. The van der Waals surface area contributed by atoms with E-state index in [1.165, 1.54) is 49.0 Å². The largest absolute Gasteiger partial charge is 0.248 e. The van der Waals surface area contributed by atoms with Gasteiger partial charge in [0.15, 0.2) is 0 Å². The van der Waals surface area contributed by atoms with Crippen molar-refractivity contribution in [1.29, 1.82) is 0 Å². The van der Waals surface area contributed by atoms with Crippen LogP contribution in [-0.2, 0) is 0 Å². The van der Waals surface area contributed by atoms with E-state index >= 15 is 0 Å². The number of rotatable bonds is 3. The van der Waals surface area contributed by atoms with Crippen LogP contribution in [0.1, 0.15) is 0 Å². The van der Waals surface area contributed by atoms with Crippen LogP contribution in [0.3, 0.4) is 0 Å². The zero-order chi connectivity index (χ0) is 29.0. The maximum atomic E-state index is 5.16. The molecule has 2 nitrogen and oxygen atoms in total. The van der Waals surface area contributed by atoms with E-state index in [0.29, 0.717) is 0 Å². The van der Waals surface area contributed by atoms with Gasteiger partial charge >= 0.3 is 0 Å². The predicted octanol–water partition coefficient (Wildman–Crippen LogP) is 11.2. The van der Waals surface area contributed by atoms with Crippen molar-refractivity contribution in [3.05, 3.63) is 158 Å². The Morgan fingerprint density at radius 1 is 0.273 bits per heavy atom. The van der Waals surface area contributed by atoms with Gasteiger partial charge in [0, 0.05) is 21.9 Å². The Hall–Kier alpha value is -5.86. The van der Waals surface area contributed by atoms with Gasteiger partial charge in [-0.05, 0) is 67.7 Å². The van der Waals surface area contributed by atoms with Crippen LogP contribution in [0.25, 0.3) is 87.8 Å². The first-order valence-corrected chi connectivity index (χ1v) is 15.0. The highest BCUT2D eigenvalue weighted by Crippen LogP contribution is 2.46. The Balaban J connectivity index is 1.34. The fourth-order valence-corrected chi connectivity index (χ4v) is 6.86. The van der Waals surface area contributed by atoms with Gasteiger partial charge in [-0.1, -0.05) is 133 Å². The molecule has 0 amide bonds. The Bertz CT molecular complexity index is 2510. The molecular formula is C42H26N2. The maximum Gasteiger partial charge on any atom is 0.0722 e. The lowest BCUT2D eigenvalue weighted by Gasteiger charge is -2.19. The van der Waals surface area contributed by atoms with Crippen molar-refractivity contribution in [2.75, 3.05) is 0 Å². The van der Waals surface area contributed by atoms with Crippen LogP contribution < -0.4 is 0 Å². The molecule has 9 aromatic rings. The normalized spacial score (nSPS) is 11.6. The van der Waals surface area contributed by atoms with Crippen LogP contribution in [0.4, 0.5) is 0 Å². The molecule has 0 aliphatic carbocycles. The first-order chi connectivity index (χ1) is 21.8. The number of nitrogens with zero attached hydrogens (tertiary/aromatic N) is 2. The summed E-state index contributed by atoms with van der Waals surface area (Å²) in [5.41, 5.74) is 8.77. The molecule has 0 saturated heterocycles. The summed E-state index contributed by atoms with van der Waals surface area (Å²) in [6.07, 6.45) is 0. The molecule has 2 aromatic heterocycles. The Morgan fingerprint density at radius 3 is 1.27 bits per heavy atom. The second-order valence-electron chi connectivity index (χ2n) is 11.3. The summed E-state index contributed by atoms with van der Waals surface area (Å²) >= 11 is 0. The van der Waals surface area contributed by atoms with E-state index in [-0.39, 0.29) is 0 Å². The van der Waals surface area contributed by atoms with Crippen LogP contribution in [0.2, 0.25) is 0 Å². The monoisotopic (exact) mass is 558 g/mol. The molecular weight excluding hydrogens is 532 g/mol. The van der Waals surface area contributed by atoms with Crippen molar-refractivity contribution >= 4 is 54.1 Å². The van der Waals surface area contributed by atoms with Crippen molar-refractivity contribution in [2.24, 2.45) is 0 Å². The summed E-state index contributed by atoms with van der Waals surface area (Å²) in [5, 5.41) is 9.55. The fourth-order valence-electron chi connectivity index (χ4n) is 6.86. The molecule has 0 unspecified atom stereocenters. The smallest absolute Gasteiger partial charge is 0.0722 e. The molecule has 7 aromatic carbocycles. The molecule has 0 spiro atoms. The van der Waals surface area contributed by atoms with Crippen LogP contribution >= 0.6 is 0 Å². The first kappa shape index (κ1) is 24.7. The third kappa shape index (κ3) is 3.82. The van der Waals surface area contributed by atoms with Crippen molar-refractivity contribution < 1.29 is 0 Å². The third-order valence-electron chi connectivity index (χ3n) is 8.85. The third-order valence-corrected chi connectivity index (χ3v) is 8.85. The summed E-state index contributed by atoms with van der Waals surface area (Å²) in [6.45, 7) is 0. The van der Waals surface area contributed by atoms with Gasteiger partial charge in [0.1, 0.15) is 0 Å². The molecule has 204 valence electrons. The maximum absolute atomic E-state index is 5.16. The molecule has 0 aliphatic heterocycles. The second-order valence-corrected chi connectivity index (χ2v) is 11.3. The summed E-state index contributed by atoms with van der Waals surface area (Å²) in [4.78, 5) is 10.2. The van der Waals surface area contributed by atoms with Crippen LogP contribution in [0.15, 0.2) is 158 Å². The lowest BCUT2D eigenvalue weighted by molar-refractivity contribution is 1.41. The molecule has 0 radical (unpaired) electrons. The van der Waals surface area contributed by atoms with Gasteiger partial charge in [0.05, 0.1) is 22.4 Å². The second kappa shape index (κ2) is 9.86. The summed E-state index contributed by atoms with van der Waals surface area (Å²) in [5.74, 6) is 0. The minimum atomic E-state index is 0.985. The molecule has 0 fully saturated rings. The predicted molar refractivity (Wildman–Crippen MR) is 186 cm³/mol. The highest BCUT2D eigenvalue weighted by Gasteiger charge is 2.19. The molecule has 2 heterocycles. The minimum absolute atomic E-state index is 0.985. The number of hydrogen-bond acceptors (Lipinski definition) is 2. The molecule has 0 aliphatic rings. The van der Waals surface area contributed by atoms with E-state index in [9.17, 15) is 0 Å². The van der Waals surface area contributed by atoms with Crippen molar-refractivity contribution in [3.63, 3.8) is 0 Å². The molecule has 44 heavy (non-hydrogen) atoms. The van der Waals surface area contributed by atoms with E-state index in [4.69, 9.17) is 9.97 Å². The molecule has 0 saturated carbocycles. The highest BCUT2D eigenvalue weighted by molar-refractivity contribution is 6.24. The number of fused-ring (bicyclic) bond motifs is 5. The Kier molecular flexibility index (Phi) is 5.54. The van der Waals surface area contributed by atoms with Crippen molar-refractivity contribution in [2.45, 2.75) is 0 Å². The van der Waals surface area contributed by atoms with Crippen LogP contribution in [-0.4, -0.2) is 9.97 Å². The fraction of sp³-hybridized carbons (Fsp3) is 0. The van der Waals surface area contributed by atoms with Gasteiger partial charge in [-0.15, -0.1) is 0 Å². The van der Waals surface area contributed by atoms with Gasteiger partial charge in [-0.25, -0.2) is 9.97 Å². The first-order valence-electron chi connectivity index (χ1n) is 15.0. The van der Waals surface area contributed by atoms with Crippen LogP contribution in [0.5, 0.6) is 0 Å². The zero-order valence-corrected chi connectivity index (χ0v) is 23.9. The molecule has 9 rings (SSSR count). The van der Waals surface area contributed by atoms with Gasteiger partial charge in [-0.3, -0.25) is 0 Å². The Labute approximate surface area is 254 Å². The summed E-state index contributed by atoms with van der Waals surface area (Å²) in [7, 11) is 0. The molecule has 0 bridgehead atoms. The highest BCUT2D eigenvalue weighted by atomic mass is 14.7. The van der Waals surface area contributed by atoms with Crippen LogP contribution in [0, 0.1) is 0 Å². The minimum Gasteiger partial charge on any atom is -0.248 e. The number of pyridine rings is 2. The van der Waals surface area contributed by atoms with Gasteiger partial charge in [0.25, 0.3) is 0 Å². The molecule has 0 atom stereocenters. The topological polar surface area (TPSA) is 25.8 Å². The zero-order valence-electron chi connectivity index (χ0n) is 23.9. The molecule has 2 heteroatoms. The van der Waals surface area contributed by atoms with E-state index in [1.807, 2.05) is 6.07 Å². The van der Waals surface area contributed by atoms with E-state index in [1.54, 1.807) is 0 Å². The number of aromatic nitrogens is 2.